The molecule has 1 atom stereocenters. The Morgan fingerprint density at radius 2 is 2.75 bits per heavy atom. The van der Waals surface area contributed by atoms with E-state index in [0.29, 0.717) is 13.2 Å². The topological polar surface area (TPSA) is 21.3 Å². The lowest BCUT2D eigenvalue weighted by Crippen LogP contribution is -2.49. The van der Waals surface area contributed by atoms with Crippen LogP contribution in [0.3, 0.4) is 0 Å². The Morgan fingerprint density at radius 1 is 1.88 bits per heavy atom. The summed E-state index contributed by atoms with van der Waals surface area (Å²) in [6.45, 7) is 1.18. The molecular weight excluding hydrogens is 102 g/mol. The Bertz CT molecular complexity index is 139. The van der Waals surface area contributed by atoms with Gasteiger partial charge in [0.15, 0.2) is 0 Å². The van der Waals surface area contributed by atoms with Crippen LogP contribution in [0, 0.1) is 0 Å². The number of ether oxygens (including phenoxy) is 1. The predicted octanol–water partition coefficient (Wildman–Crippen LogP) is 0.385. The summed E-state index contributed by atoms with van der Waals surface area (Å²) in [5, 5.41) is 2.95. The van der Waals surface area contributed by atoms with Crippen molar-refractivity contribution < 1.29 is 8.85 Å². The minimum absolute atomic E-state index is 0.267. The van der Waals surface area contributed by atoms with E-state index in [1.165, 1.54) is 0 Å². The van der Waals surface area contributed by atoms with E-state index in [1.54, 1.807) is 6.92 Å². The van der Waals surface area contributed by atoms with Crippen LogP contribution >= 0.6 is 0 Å². The molecule has 1 aliphatic rings. The maximum atomic E-state index is 7.21. The van der Waals surface area contributed by atoms with E-state index in [9.17, 15) is 0 Å². The molecule has 1 fully saturated rings. The molecule has 1 unspecified atom stereocenters. The van der Waals surface area contributed by atoms with Gasteiger partial charge in [0, 0.05) is 16.2 Å². The molecule has 0 aromatic heterocycles. The fraction of sp³-hybridized carbons (Fsp3) is 1.00. The zero-order chi connectivity index (χ0) is 8.54. The zero-order valence-corrected chi connectivity index (χ0v) is 5.03. The molecule has 8 heavy (non-hydrogen) atoms. The summed E-state index contributed by atoms with van der Waals surface area (Å²) in [6.07, 6.45) is 0. The van der Waals surface area contributed by atoms with Crippen LogP contribution in [0.15, 0.2) is 0 Å². The molecule has 1 saturated heterocycles. The first-order valence-electron chi connectivity index (χ1n) is 4.28. The number of nitrogens with one attached hydrogen (secondary N) is 1. The second kappa shape index (κ2) is 2.03. The van der Waals surface area contributed by atoms with Crippen molar-refractivity contribution in [2.24, 2.45) is 0 Å². The third-order valence-corrected chi connectivity index (χ3v) is 1.15. The van der Waals surface area contributed by atoms with E-state index in [2.05, 4.69) is 5.32 Å². The van der Waals surface area contributed by atoms with E-state index in [4.69, 9.17) is 8.85 Å². The standard InChI is InChI=1S/C6H13NO/c1-6(2)5-8-4-3-7-6/h7H,3-5H2,1-2H3/i1D3. The third-order valence-electron chi connectivity index (χ3n) is 1.15. The average molecular weight is 118 g/mol. The summed E-state index contributed by atoms with van der Waals surface area (Å²) in [7, 11) is 0. The van der Waals surface area contributed by atoms with E-state index >= 15 is 0 Å². The van der Waals surface area contributed by atoms with Crippen molar-refractivity contribution >= 4 is 0 Å². The lowest BCUT2D eigenvalue weighted by Gasteiger charge is -2.30. The van der Waals surface area contributed by atoms with Crippen LogP contribution in [0.2, 0.25) is 0 Å². The molecule has 0 aromatic carbocycles. The van der Waals surface area contributed by atoms with Crippen molar-refractivity contribution in [2.75, 3.05) is 19.8 Å². The highest BCUT2D eigenvalue weighted by Gasteiger charge is 2.19. The molecule has 2 heteroatoms. The Kier molecular flexibility index (Phi) is 0.809. The molecule has 0 aliphatic carbocycles. The molecule has 1 heterocycles. The van der Waals surface area contributed by atoms with E-state index in [-0.39, 0.29) is 6.61 Å². The van der Waals surface area contributed by atoms with Crippen LogP contribution < -0.4 is 5.32 Å². The number of hydrogen-bond donors (Lipinski definition) is 1. The van der Waals surface area contributed by atoms with Crippen LogP contribution in [0.25, 0.3) is 0 Å². The van der Waals surface area contributed by atoms with Crippen LogP contribution in [0.1, 0.15) is 17.9 Å². The van der Waals surface area contributed by atoms with Crippen LogP contribution in [0.5, 0.6) is 0 Å². The maximum Gasteiger partial charge on any atom is 0.0643 e. The van der Waals surface area contributed by atoms with Gasteiger partial charge in [-0.1, -0.05) is 0 Å². The van der Waals surface area contributed by atoms with Gasteiger partial charge in [0.1, 0.15) is 0 Å². The summed E-state index contributed by atoms with van der Waals surface area (Å²) >= 11 is 0. The van der Waals surface area contributed by atoms with Gasteiger partial charge < -0.3 is 10.1 Å². The van der Waals surface area contributed by atoms with Crippen molar-refractivity contribution in [2.45, 2.75) is 19.3 Å². The summed E-state index contributed by atoms with van der Waals surface area (Å²) in [5.41, 5.74) is -0.856. The fourth-order valence-corrected chi connectivity index (χ4v) is 0.726. The second-order valence-corrected chi connectivity index (χ2v) is 2.31. The number of rotatable bonds is 0. The zero-order valence-electron chi connectivity index (χ0n) is 8.03. The molecule has 0 aromatic rings. The van der Waals surface area contributed by atoms with Gasteiger partial charge in [-0.15, -0.1) is 0 Å². The van der Waals surface area contributed by atoms with Crippen molar-refractivity contribution in [1.82, 2.24) is 5.32 Å². The van der Waals surface area contributed by atoms with Gasteiger partial charge in [0.2, 0.25) is 0 Å². The van der Waals surface area contributed by atoms with Gasteiger partial charge in [0.05, 0.1) is 13.2 Å². The largest absolute Gasteiger partial charge is 0.378 e. The smallest absolute Gasteiger partial charge is 0.0643 e. The lowest BCUT2D eigenvalue weighted by molar-refractivity contribution is 0.0436. The molecule has 0 radical (unpaired) electrons. The highest BCUT2D eigenvalue weighted by Crippen LogP contribution is 2.04. The fourth-order valence-electron chi connectivity index (χ4n) is 0.726. The quantitative estimate of drug-likeness (QED) is 0.496. The van der Waals surface area contributed by atoms with Crippen LogP contribution in [-0.4, -0.2) is 25.3 Å². The summed E-state index contributed by atoms with van der Waals surface area (Å²) in [4.78, 5) is 0. The molecule has 0 bridgehead atoms. The maximum absolute atomic E-state index is 7.21. The minimum atomic E-state index is -1.98. The van der Waals surface area contributed by atoms with Gasteiger partial charge >= 0.3 is 0 Å². The predicted molar refractivity (Wildman–Crippen MR) is 32.9 cm³/mol. The van der Waals surface area contributed by atoms with E-state index < -0.39 is 12.4 Å². The van der Waals surface area contributed by atoms with E-state index in [0.717, 1.165) is 0 Å². The average Bonchev–Trinajstić information content (AvgIpc) is 1.87. The summed E-state index contributed by atoms with van der Waals surface area (Å²) < 4.78 is 26.7. The summed E-state index contributed by atoms with van der Waals surface area (Å²) in [5.74, 6) is 0. The molecule has 2 nitrogen and oxygen atoms in total. The van der Waals surface area contributed by atoms with Gasteiger partial charge in [-0.2, -0.15) is 0 Å². The molecule has 0 spiro atoms. The van der Waals surface area contributed by atoms with Gasteiger partial charge in [-0.25, -0.2) is 0 Å². The lowest BCUT2D eigenvalue weighted by atomic mass is 10.1. The first kappa shape index (κ1) is 3.18. The van der Waals surface area contributed by atoms with Gasteiger partial charge in [-0.3, -0.25) is 0 Å². The van der Waals surface area contributed by atoms with Crippen molar-refractivity contribution in [3.8, 4) is 0 Å². The van der Waals surface area contributed by atoms with Crippen molar-refractivity contribution in [1.29, 1.82) is 0 Å². The SMILES string of the molecule is [2H]C([2H])([2H])C1(C)COCCN1. The monoisotopic (exact) mass is 118 g/mol. The van der Waals surface area contributed by atoms with Crippen molar-refractivity contribution in [3.63, 3.8) is 0 Å². The summed E-state index contributed by atoms with van der Waals surface area (Å²) in [6, 6.07) is 0. The molecule has 1 N–H and O–H groups in total. The molecule has 1 rings (SSSR count). The van der Waals surface area contributed by atoms with Gasteiger partial charge in [0.25, 0.3) is 0 Å². The molecule has 0 amide bonds. The highest BCUT2D eigenvalue weighted by atomic mass is 16.5. The highest BCUT2D eigenvalue weighted by molar-refractivity contribution is 4.79. The molecule has 48 valence electrons. The second-order valence-electron chi connectivity index (χ2n) is 2.31. The van der Waals surface area contributed by atoms with Gasteiger partial charge in [-0.05, 0) is 13.8 Å². The molecule has 1 aliphatic heterocycles. The Labute approximate surface area is 54.4 Å². The number of morpholine rings is 1. The van der Waals surface area contributed by atoms with Crippen LogP contribution in [-0.2, 0) is 4.74 Å². The Balaban J connectivity index is 2.64. The Morgan fingerprint density at radius 3 is 3.12 bits per heavy atom. The van der Waals surface area contributed by atoms with Crippen molar-refractivity contribution in [3.05, 3.63) is 0 Å². The van der Waals surface area contributed by atoms with Crippen LogP contribution in [0.4, 0.5) is 0 Å². The normalized spacial score (nSPS) is 46.9. The molecule has 0 saturated carbocycles. The molecular formula is C6H13NO. The minimum Gasteiger partial charge on any atom is -0.378 e. The third kappa shape index (κ3) is 1.46. The first-order chi connectivity index (χ1) is 4.96. The first-order valence-corrected chi connectivity index (χ1v) is 2.78. The Hall–Kier alpha value is -0.0800. The van der Waals surface area contributed by atoms with E-state index in [1.807, 2.05) is 0 Å². The number of hydrogen-bond acceptors (Lipinski definition) is 2.